The van der Waals surface area contributed by atoms with Crippen LogP contribution in [0.1, 0.15) is 25.7 Å². The van der Waals surface area contributed by atoms with E-state index < -0.39 is 0 Å². The van der Waals surface area contributed by atoms with E-state index in [1.807, 2.05) is 30.2 Å². The van der Waals surface area contributed by atoms with E-state index in [-0.39, 0.29) is 0 Å². The number of hydrogen-bond donors (Lipinski definition) is 1. The predicted molar refractivity (Wildman–Crippen MR) is 77.2 cm³/mol. The third kappa shape index (κ3) is 2.18. The molecule has 1 aliphatic rings. The van der Waals surface area contributed by atoms with Gasteiger partial charge in [-0.15, -0.1) is 0 Å². The Labute approximate surface area is 113 Å². The van der Waals surface area contributed by atoms with Crippen molar-refractivity contribution >= 4 is 16.9 Å². The summed E-state index contributed by atoms with van der Waals surface area (Å²) in [5, 5.41) is 0. The summed E-state index contributed by atoms with van der Waals surface area (Å²) in [6.07, 6.45) is 8.63. The van der Waals surface area contributed by atoms with E-state index in [2.05, 4.69) is 14.9 Å². The minimum absolute atomic E-state index is 0.391. The third-order valence-electron chi connectivity index (χ3n) is 4.04. The van der Waals surface area contributed by atoms with Crippen molar-refractivity contribution in [3.8, 4) is 0 Å². The van der Waals surface area contributed by atoms with Crippen molar-refractivity contribution in [3.63, 3.8) is 0 Å². The molecule has 1 saturated heterocycles. The molecule has 0 bridgehead atoms. The van der Waals surface area contributed by atoms with Crippen LogP contribution in [0.2, 0.25) is 0 Å². The van der Waals surface area contributed by atoms with Gasteiger partial charge in [0.1, 0.15) is 5.52 Å². The highest BCUT2D eigenvalue weighted by Gasteiger charge is 2.23. The van der Waals surface area contributed by atoms with Crippen LogP contribution in [-0.4, -0.2) is 33.7 Å². The van der Waals surface area contributed by atoms with Gasteiger partial charge in [-0.05, 0) is 18.9 Å². The standard InChI is InChI=1S/C14H21N5/c1-18-10-17-13-12(18)6-7-16-14(13)19-8-4-2-3-5-11(19)9-15/h6-7,10-11H,2-5,8-9,15H2,1H3. The maximum atomic E-state index is 5.95. The zero-order chi connectivity index (χ0) is 13.2. The van der Waals surface area contributed by atoms with Crippen LogP contribution in [0.3, 0.4) is 0 Å². The zero-order valence-corrected chi connectivity index (χ0v) is 11.4. The monoisotopic (exact) mass is 259 g/mol. The number of fused-ring (bicyclic) bond motifs is 1. The van der Waals surface area contributed by atoms with Gasteiger partial charge in [-0.1, -0.05) is 12.8 Å². The van der Waals surface area contributed by atoms with Crippen molar-refractivity contribution in [1.29, 1.82) is 0 Å². The van der Waals surface area contributed by atoms with Gasteiger partial charge >= 0.3 is 0 Å². The SMILES string of the molecule is Cn1cnc2c(N3CCCCCC3CN)nccc21. The van der Waals surface area contributed by atoms with Gasteiger partial charge < -0.3 is 15.2 Å². The van der Waals surface area contributed by atoms with Crippen LogP contribution < -0.4 is 10.6 Å². The van der Waals surface area contributed by atoms with E-state index >= 15 is 0 Å². The molecule has 2 aromatic heterocycles. The lowest BCUT2D eigenvalue weighted by Gasteiger charge is -2.30. The molecule has 0 spiro atoms. The summed E-state index contributed by atoms with van der Waals surface area (Å²) < 4.78 is 2.04. The quantitative estimate of drug-likeness (QED) is 0.891. The molecule has 2 aromatic rings. The van der Waals surface area contributed by atoms with Crippen molar-refractivity contribution < 1.29 is 0 Å². The minimum Gasteiger partial charge on any atom is -0.351 e. The van der Waals surface area contributed by atoms with Crippen molar-refractivity contribution in [1.82, 2.24) is 14.5 Å². The second-order valence-corrected chi connectivity index (χ2v) is 5.29. The molecular weight excluding hydrogens is 238 g/mol. The van der Waals surface area contributed by atoms with Gasteiger partial charge in [0.25, 0.3) is 0 Å². The van der Waals surface area contributed by atoms with Crippen LogP contribution >= 0.6 is 0 Å². The first-order valence-electron chi connectivity index (χ1n) is 7.04. The Balaban J connectivity index is 2.06. The third-order valence-corrected chi connectivity index (χ3v) is 4.04. The Kier molecular flexibility index (Phi) is 3.38. The molecule has 0 amide bonds. The molecule has 0 saturated carbocycles. The lowest BCUT2D eigenvalue weighted by Crippen LogP contribution is -2.40. The highest BCUT2D eigenvalue weighted by Crippen LogP contribution is 2.27. The Hall–Kier alpha value is -1.62. The van der Waals surface area contributed by atoms with Crippen molar-refractivity contribution in [2.75, 3.05) is 18.0 Å². The van der Waals surface area contributed by atoms with Crippen LogP contribution in [0.25, 0.3) is 11.0 Å². The van der Waals surface area contributed by atoms with Crippen molar-refractivity contribution in [2.24, 2.45) is 12.8 Å². The first-order valence-corrected chi connectivity index (χ1v) is 7.04. The Bertz CT molecular complexity index is 562. The normalized spacial score (nSPS) is 20.7. The van der Waals surface area contributed by atoms with Crippen LogP contribution in [-0.2, 0) is 7.05 Å². The maximum Gasteiger partial charge on any atom is 0.157 e. The van der Waals surface area contributed by atoms with E-state index in [0.29, 0.717) is 12.6 Å². The number of imidazole rings is 1. The van der Waals surface area contributed by atoms with Gasteiger partial charge in [0.2, 0.25) is 0 Å². The molecule has 19 heavy (non-hydrogen) atoms. The molecule has 5 heteroatoms. The van der Waals surface area contributed by atoms with Gasteiger partial charge in [-0.3, -0.25) is 0 Å². The van der Waals surface area contributed by atoms with E-state index in [1.54, 1.807) is 0 Å². The number of nitrogens with two attached hydrogens (primary N) is 1. The van der Waals surface area contributed by atoms with E-state index in [4.69, 9.17) is 5.73 Å². The van der Waals surface area contributed by atoms with Gasteiger partial charge in [0.05, 0.1) is 11.8 Å². The lowest BCUT2D eigenvalue weighted by atomic mass is 10.1. The number of hydrogen-bond acceptors (Lipinski definition) is 4. The molecule has 0 aliphatic carbocycles. The van der Waals surface area contributed by atoms with Crippen LogP contribution in [0.15, 0.2) is 18.6 Å². The maximum absolute atomic E-state index is 5.95. The minimum atomic E-state index is 0.391. The molecule has 1 aliphatic heterocycles. The van der Waals surface area contributed by atoms with Crippen molar-refractivity contribution in [3.05, 3.63) is 18.6 Å². The molecule has 3 rings (SSSR count). The Morgan fingerprint density at radius 3 is 3.05 bits per heavy atom. The molecule has 1 unspecified atom stereocenters. The second kappa shape index (κ2) is 5.17. The summed E-state index contributed by atoms with van der Waals surface area (Å²) in [5.74, 6) is 0.996. The molecule has 5 nitrogen and oxygen atoms in total. The first kappa shape index (κ1) is 12.4. The van der Waals surface area contributed by atoms with Crippen molar-refractivity contribution in [2.45, 2.75) is 31.7 Å². The van der Waals surface area contributed by atoms with Crippen LogP contribution in [0.4, 0.5) is 5.82 Å². The number of nitrogens with zero attached hydrogens (tertiary/aromatic N) is 4. The van der Waals surface area contributed by atoms with E-state index in [0.717, 1.165) is 29.8 Å². The topological polar surface area (TPSA) is 60.0 Å². The number of aromatic nitrogens is 3. The molecule has 2 N–H and O–H groups in total. The number of pyridine rings is 1. The average Bonchev–Trinajstić information content (AvgIpc) is 2.68. The molecule has 0 aromatic carbocycles. The molecule has 102 valence electrons. The van der Waals surface area contributed by atoms with E-state index in [9.17, 15) is 0 Å². The highest BCUT2D eigenvalue weighted by atomic mass is 15.2. The Morgan fingerprint density at radius 2 is 2.21 bits per heavy atom. The smallest absolute Gasteiger partial charge is 0.157 e. The number of rotatable bonds is 2. The lowest BCUT2D eigenvalue weighted by molar-refractivity contribution is 0.577. The largest absolute Gasteiger partial charge is 0.351 e. The fourth-order valence-electron chi connectivity index (χ4n) is 2.96. The fourth-order valence-corrected chi connectivity index (χ4v) is 2.96. The summed E-state index contributed by atoms with van der Waals surface area (Å²) in [7, 11) is 2.02. The number of anilines is 1. The molecule has 1 fully saturated rings. The summed E-state index contributed by atoms with van der Waals surface area (Å²) >= 11 is 0. The molecule has 1 atom stereocenters. The average molecular weight is 259 g/mol. The Morgan fingerprint density at radius 1 is 1.32 bits per heavy atom. The summed E-state index contributed by atoms with van der Waals surface area (Å²) in [6, 6.07) is 2.41. The molecule has 3 heterocycles. The van der Waals surface area contributed by atoms with Gasteiger partial charge in [0.15, 0.2) is 5.82 Å². The summed E-state index contributed by atoms with van der Waals surface area (Å²) in [4.78, 5) is 11.5. The molecule has 0 radical (unpaired) electrons. The van der Waals surface area contributed by atoms with Gasteiger partial charge in [-0.2, -0.15) is 0 Å². The molecular formula is C14H21N5. The number of aryl methyl sites for hydroxylation is 1. The summed E-state index contributed by atoms with van der Waals surface area (Å²) in [5.41, 5.74) is 8.08. The van der Waals surface area contributed by atoms with Gasteiger partial charge in [-0.25, -0.2) is 9.97 Å². The fraction of sp³-hybridized carbons (Fsp3) is 0.571. The summed E-state index contributed by atoms with van der Waals surface area (Å²) in [6.45, 7) is 1.72. The van der Waals surface area contributed by atoms with Crippen LogP contribution in [0.5, 0.6) is 0 Å². The van der Waals surface area contributed by atoms with Crippen LogP contribution in [0, 0.1) is 0 Å². The van der Waals surface area contributed by atoms with Gasteiger partial charge in [0, 0.05) is 32.4 Å². The van der Waals surface area contributed by atoms with E-state index in [1.165, 1.54) is 19.3 Å². The second-order valence-electron chi connectivity index (χ2n) is 5.29. The zero-order valence-electron chi connectivity index (χ0n) is 11.4. The highest BCUT2D eigenvalue weighted by molar-refractivity contribution is 5.86. The first-order chi connectivity index (χ1) is 9.31. The predicted octanol–water partition coefficient (Wildman–Crippen LogP) is 1.68.